The summed E-state index contributed by atoms with van der Waals surface area (Å²) in [7, 11) is 1.58. The Bertz CT molecular complexity index is 1870. The van der Waals surface area contributed by atoms with Gasteiger partial charge in [0.25, 0.3) is 5.56 Å². The molecule has 0 radical (unpaired) electrons. The van der Waals surface area contributed by atoms with E-state index in [0.29, 0.717) is 50.2 Å². The van der Waals surface area contributed by atoms with Crippen LogP contribution in [0.2, 0.25) is 0 Å². The Morgan fingerprint density at radius 2 is 1.83 bits per heavy atom. The summed E-state index contributed by atoms with van der Waals surface area (Å²) in [6.45, 7) is 4.38. The summed E-state index contributed by atoms with van der Waals surface area (Å²) in [6, 6.07) is 19.5. The maximum Gasteiger partial charge on any atom is 0.338 e. The van der Waals surface area contributed by atoms with Crippen LogP contribution < -0.4 is 33.8 Å². The summed E-state index contributed by atoms with van der Waals surface area (Å²) in [5, 5.41) is 0. The lowest BCUT2D eigenvalue weighted by molar-refractivity contribution is -0.138. The fraction of sp³-hybridized carbons (Fsp3) is 0.219. The minimum absolute atomic E-state index is 0.100. The highest BCUT2D eigenvalue weighted by Gasteiger charge is 2.36. The van der Waals surface area contributed by atoms with E-state index >= 15 is 0 Å². The zero-order valence-corrected chi connectivity index (χ0v) is 24.1. The average Bonchev–Trinajstić information content (AvgIpc) is 3.60. The Morgan fingerprint density at radius 3 is 2.60 bits per heavy atom. The number of carbonyl (C=O) groups is 1. The molecule has 42 heavy (non-hydrogen) atoms. The van der Waals surface area contributed by atoms with Crippen LogP contribution in [-0.2, 0) is 9.53 Å². The molecule has 6 rings (SSSR count). The summed E-state index contributed by atoms with van der Waals surface area (Å²) < 4.78 is 29.8. The lowest BCUT2D eigenvalue weighted by Crippen LogP contribution is -2.40. The van der Waals surface area contributed by atoms with E-state index in [1.54, 1.807) is 42.9 Å². The zero-order valence-electron chi connectivity index (χ0n) is 23.3. The molecule has 0 saturated carbocycles. The number of ether oxygens (including phenoxy) is 5. The standard InChI is InChI=1S/C32H28N2O7S/c1-4-38-24-15-19(11-13-22(24)37-3)16-26-30(35)34-29(21-12-14-23-25(17-21)41-18-40-23)27(31(36)39-5-2)28(33-32(34)42-26)20-9-7-6-8-10-20/h6-17,29H,4-5,18H2,1-3H3/b26-16+/t29-/m1/s1. The number of rotatable bonds is 8. The molecule has 0 bridgehead atoms. The number of benzene rings is 3. The molecule has 10 heteroatoms. The second-order valence-corrected chi connectivity index (χ2v) is 10.4. The van der Waals surface area contributed by atoms with E-state index in [4.69, 9.17) is 28.7 Å². The maximum atomic E-state index is 14.1. The van der Waals surface area contributed by atoms with Gasteiger partial charge in [-0.2, -0.15) is 0 Å². The van der Waals surface area contributed by atoms with Gasteiger partial charge < -0.3 is 23.7 Å². The van der Waals surface area contributed by atoms with Crippen LogP contribution in [0.25, 0.3) is 11.8 Å². The predicted octanol–water partition coefficient (Wildman–Crippen LogP) is 4.07. The normalized spacial score (nSPS) is 15.7. The van der Waals surface area contributed by atoms with Crippen LogP contribution in [0.4, 0.5) is 0 Å². The number of carbonyl (C=O) groups excluding carboxylic acids is 1. The van der Waals surface area contributed by atoms with Crippen LogP contribution in [0.1, 0.15) is 36.6 Å². The van der Waals surface area contributed by atoms with Crippen LogP contribution in [0.15, 0.2) is 82.1 Å². The predicted molar refractivity (Wildman–Crippen MR) is 158 cm³/mol. The molecule has 4 aromatic rings. The second kappa shape index (κ2) is 11.6. The Hall–Kier alpha value is -4.83. The van der Waals surface area contributed by atoms with Crippen molar-refractivity contribution in [3.63, 3.8) is 0 Å². The van der Waals surface area contributed by atoms with Gasteiger partial charge in [-0.3, -0.25) is 9.36 Å². The topological polar surface area (TPSA) is 97.6 Å². The molecule has 0 aliphatic carbocycles. The molecule has 3 heterocycles. The SMILES string of the molecule is CCOC(=O)C1=C(c2ccccc2)N=c2s/c(=C/c3ccc(OC)c(OCC)c3)c(=O)n2[C@@H]1c1ccc2c(c1)OCO2. The van der Waals surface area contributed by atoms with Gasteiger partial charge in [-0.15, -0.1) is 0 Å². The van der Waals surface area contributed by atoms with E-state index in [2.05, 4.69) is 0 Å². The summed E-state index contributed by atoms with van der Waals surface area (Å²) in [4.78, 5) is 33.1. The fourth-order valence-electron chi connectivity index (χ4n) is 5.04. The molecule has 214 valence electrons. The van der Waals surface area contributed by atoms with Crippen LogP contribution in [0, 0.1) is 0 Å². The van der Waals surface area contributed by atoms with E-state index in [0.717, 1.165) is 11.1 Å². The van der Waals surface area contributed by atoms with Gasteiger partial charge in [0, 0.05) is 5.56 Å². The van der Waals surface area contributed by atoms with Gasteiger partial charge in [0.1, 0.15) is 0 Å². The molecular weight excluding hydrogens is 556 g/mol. The van der Waals surface area contributed by atoms with Crippen molar-refractivity contribution < 1.29 is 28.5 Å². The highest BCUT2D eigenvalue weighted by atomic mass is 32.1. The number of nitrogens with zero attached hydrogens (tertiary/aromatic N) is 2. The molecule has 0 unspecified atom stereocenters. The van der Waals surface area contributed by atoms with Gasteiger partial charge in [-0.05, 0) is 55.3 Å². The van der Waals surface area contributed by atoms with E-state index in [1.165, 1.54) is 11.3 Å². The quantitative estimate of drug-likeness (QED) is 0.288. The summed E-state index contributed by atoms with van der Waals surface area (Å²) in [5.74, 6) is 1.77. The minimum Gasteiger partial charge on any atom is -0.493 e. The first-order valence-corrected chi connectivity index (χ1v) is 14.3. The highest BCUT2D eigenvalue weighted by Crippen LogP contribution is 2.40. The highest BCUT2D eigenvalue weighted by molar-refractivity contribution is 7.07. The van der Waals surface area contributed by atoms with Gasteiger partial charge in [0.2, 0.25) is 6.79 Å². The van der Waals surface area contributed by atoms with Crippen LogP contribution >= 0.6 is 11.3 Å². The molecule has 2 aliphatic rings. The molecule has 3 aromatic carbocycles. The molecule has 9 nitrogen and oxygen atoms in total. The number of esters is 1. The monoisotopic (exact) mass is 584 g/mol. The lowest BCUT2D eigenvalue weighted by Gasteiger charge is -2.26. The van der Waals surface area contributed by atoms with Crippen LogP contribution in [0.3, 0.4) is 0 Å². The van der Waals surface area contributed by atoms with Crippen molar-refractivity contribution in [2.75, 3.05) is 27.1 Å². The first kappa shape index (κ1) is 27.3. The van der Waals surface area contributed by atoms with Crippen molar-refractivity contribution in [2.45, 2.75) is 19.9 Å². The molecule has 1 aromatic heterocycles. The van der Waals surface area contributed by atoms with Crippen LogP contribution in [0.5, 0.6) is 23.0 Å². The first-order valence-electron chi connectivity index (χ1n) is 13.5. The molecule has 2 aliphatic heterocycles. The number of hydrogen-bond donors (Lipinski definition) is 0. The Kier molecular flexibility index (Phi) is 7.54. The summed E-state index contributed by atoms with van der Waals surface area (Å²) >= 11 is 1.25. The van der Waals surface area contributed by atoms with Gasteiger partial charge in [-0.1, -0.05) is 53.8 Å². The third-order valence-corrected chi connectivity index (χ3v) is 7.85. The smallest absolute Gasteiger partial charge is 0.338 e. The third-order valence-electron chi connectivity index (χ3n) is 6.87. The lowest BCUT2D eigenvalue weighted by atomic mass is 9.93. The maximum absolute atomic E-state index is 14.1. The molecule has 0 spiro atoms. The summed E-state index contributed by atoms with van der Waals surface area (Å²) in [6.07, 6.45) is 1.79. The summed E-state index contributed by atoms with van der Waals surface area (Å²) in [5.41, 5.74) is 2.60. The molecular formula is C32H28N2O7S. The fourth-order valence-corrected chi connectivity index (χ4v) is 6.04. The first-order chi connectivity index (χ1) is 20.5. The Labute approximate surface area is 245 Å². The van der Waals surface area contributed by atoms with Crippen LogP contribution in [-0.4, -0.2) is 37.7 Å². The second-order valence-electron chi connectivity index (χ2n) is 9.39. The van der Waals surface area contributed by atoms with Gasteiger partial charge in [0.15, 0.2) is 27.8 Å². The Balaban J connectivity index is 1.60. The van der Waals surface area contributed by atoms with Crippen molar-refractivity contribution in [1.82, 2.24) is 4.57 Å². The van der Waals surface area contributed by atoms with Crippen molar-refractivity contribution >= 4 is 29.1 Å². The number of aromatic nitrogens is 1. The largest absolute Gasteiger partial charge is 0.493 e. The van der Waals surface area contributed by atoms with Crippen molar-refractivity contribution in [2.24, 2.45) is 4.99 Å². The van der Waals surface area contributed by atoms with Crippen molar-refractivity contribution in [3.8, 4) is 23.0 Å². The number of hydrogen-bond acceptors (Lipinski definition) is 9. The average molecular weight is 585 g/mol. The number of fused-ring (bicyclic) bond motifs is 2. The van der Waals surface area contributed by atoms with E-state index < -0.39 is 12.0 Å². The van der Waals surface area contributed by atoms with E-state index in [1.807, 2.05) is 55.5 Å². The molecule has 0 amide bonds. The van der Waals surface area contributed by atoms with Crippen molar-refractivity contribution in [1.29, 1.82) is 0 Å². The van der Waals surface area contributed by atoms with Gasteiger partial charge in [0.05, 0.1) is 42.2 Å². The van der Waals surface area contributed by atoms with E-state index in [-0.39, 0.29) is 24.5 Å². The molecule has 0 fully saturated rings. The van der Waals surface area contributed by atoms with E-state index in [9.17, 15) is 9.59 Å². The molecule has 0 N–H and O–H groups in total. The molecule has 0 saturated heterocycles. The number of methoxy groups -OCH3 is 1. The van der Waals surface area contributed by atoms with Crippen molar-refractivity contribution in [3.05, 3.63) is 109 Å². The van der Waals surface area contributed by atoms with Gasteiger partial charge in [-0.25, -0.2) is 9.79 Å². The zero-order chi connectivity index (χ0) is 29.2. The number of thiazole rings is 1. The van der Waals surface area contributed by atoms with Gasteiger partial charge >= 0.3 is 5.97 Å². The Morgan fingerprint density at radius 1 is 1.02 bits per heavy atom. The third kappa shape index (κ3) is 4.94. The molecule has 1 atom stereocenters. The minimum atomic E-state index is -0.818.